The highest BCUT2D eigenvalue weighted by Gasteiger charge is 2.17. The first-order valence-corrected chi connectivity index (χ1v) is 9.13. The fourth-order valence-electron chi connectivity index (χ4n) is 2.77. The summed E-state index contributed by atoms with van der Waals surface area (Å²) in [5.41, 5.74) is 1.91. The molecule has 0 atom stereocenters. The Kier molecular flexibility index (Phi) is 5.46. The molecule has 1 aromatic carbocycles. The van der Waals surface area contributed by atoms with Crippen LogP contribution in [0.1, 0.15) is 12.8 Å². The van der Waals surface area contributed by atoms with Gasteiger partial charge in [0.05, 0.1) is 26.0 Å². The Bertz CT molecular complexity index is 639. The first-order valence-electron chi connectivity index (χ1n) is 7.97. The third-order valence-corrected chi connectivity index (χ3v) is 5.08. The number of thioether (sulfide) groups is 1. The molecular weight excluding hydrogens is 310 g/mol. The summed E-state index contributed by atoms with van der Waals surface area (Å²) >= 11 is 2.01. The van der Waals surface area contributed by atoms with E-state index in [4.69, 9.17) is 4.74 Å². The van der Waals surface area contributed by atoms with E-state index < -0.39 is 0 Å². The summed E-state index contributed by atoms with van der Waals surface area (Å²) in [5, 5.41) is 17.5. The number of aliphatic hydroxyl groups excluding tert-OH is 1. The van der Waals surface area contributed by atoms with Crippen molar-refractivity contribution in [3.63, 3.8) is 0 Å². The number of nitrogens with one attached hydrogen (secondary N) is 1. The van der Waals surface area contributed by atoms with Crippen molar-refractivity contribution < 1.29 is 9.84 Å². The Morgan fingerprint density at radius 1 is 1.35 bits per heavy atom. The molecule has 0 saturated carbocycles. The molecule has 23 heavy (non-hydrogen) atoms. The average Bonchev–Trinajstić information content (AvgIpc) is 2.99. The largest absolute Gasteiger partial charge is 0.497 e. The van der Waals surface area contributed by atoms with Crippen molar-refractivity contribution in [1.82, 2.24) is 9.78 Å². The van der Waals surface area contributed by atoms with Gasteiger partial charge in [0.2, 0.25) is 0 Å². The maximum Gasteiger partial charge on any atom is 0.125 e. The van der Waals surface area contributed by atoms with Gasteiger partial charge in [-0.1, -0.05) is 12.1 Å². The van der Waals surface area contributed by atoms with Crippen molar-refractivity contribution in [2.75, 3.05) is 30.5 Å². The Morgan fingerprint density at radius 3 is 2.91 bits per heavy atom. The standard InChI is InChI=1S/C17H23N3O2S/c1-22-15-4-2-3-13(11-15)16-12-17(20(19-16)7-8-21)18-14-5-9-23-10-6-14/h2-4,11-12,14,18,21H,5-10H2,1H3. The third kappa shape index (κ3) is 4.00. The Balaban J connectivity index is 1.84. The summed E-state index contributed by atoms with van der Waals surface area (Å²) in [7, 11) is 1.66. The van der Waals surface area contributed by atoms with Gasteiger partial charge in [-0.25, -0.2) is 4.68 Å². The molecule has 0 aliphatic carbocycles. The minimum atomic E-state index is 0.0778. The van der Waals surface area contributed by atoms with Gasteiger partial charge in [-0.05, 0) is 36.5 Å². The van der Waals surface area contributed by atoms with Gasteiger partial charge in [0.1, 0.15) is 11.6 Å². The van der Waals surface area contributed by atoms with Crippen LogP contribution >= 0.6 is 11.8 Å². The van der Waals surface area contributed by atoms with Crippen LogP contribution in [0.15, 0.2) is 30.3 Å². The van der Waals surface area contributed by atoms with Crippen LogP contribution in [0, 0.1) is 0 Å². The van der Waals surface area contributed by atoms with Gasteiger partial charge < -0.3 is 15.2 Å². The van der Waals surface area contributed by atoms with Crippen molar-refractivity contribution in [3.8, 4) is 17.0 Å². The number of methoxy groups -OCH3 is 1. The highest BCUT2D eigenvalue weighted by Crippen LogP contribution is 2.27. The van der Waals surface area contributed by atoms with E-state index in [0.29, 0.717) is 12.6 Å². The zero-order valence-corrected chi connectivity index (χ0v) is 14.2. The fourth-order valence-corrected chi connectivity index (χ4v) is 3.88. The summed E-state index contributed by atoms with van der Waals surface area (Å²) in [5.74, 6) is 4.20. The van der Waals surface area contributed by atoms with E-state index in [1.54, 1.807) is 7.11 Å². The number of hydrogen-bond acceptors (Lipinski definition) is 5. The normalized spacial score (nSPS) is 15.6. The SMILES string of the molecule is COc1cccc(-c2cc(NC3CCSCC3)n(CCO)n2)c1. The van der Waals surface area contributed by atoms with E-state index in [2.05, 4.69) is 16.5 Å². The molecule has 3 rings (SSSR count). The number of aromatic nitrogens is 2. The van der Waals surface area contributed by atoms with Crippen LogP contribution in [-0.2, 0) is 6.54 Å². The number of ether oxygens (including phenoxy) is 1. The molecule has 1 saturated heterocycles. The minimum absolute atomic E-state index is 0.0778. The predicted molar refractivity (Wildman–Crippen MR) is 95.3 cm³/mol. The minimum Gasteiger partial charge on any atom is -0.497 e. The third-order valence-electron chi connectivity index (χ3n) is 4.03. The lowest BCUT2D eigenvalue weighted by molar-refractivity contribution is 0.270. The molecular formula is C17H23N3O2S. The van der Waals surface area contributed by atoms with E-state index >= 15 is 0 Å². The zero-order valence-electron chi connectivity index (χ0n) is 13.4. The number of nitrogens with zero attached hydrogens (tertiary/aromatic N) is 2. The van der Waals surface area contributed by atoms with Gasteiger partial charge in [-0.15, -0.1) is 0 Å². The number of hydrogen-bond donors (Lipinski definition) is 2. The fraction of sp³-hybridized carbons (Fsp3) is 0.471. The first-order chi connectivity index (χ1) is 11.3. The number of aliphatic hydroxyl groups is 1. The second-order valence-electron chi connectivity index (χ2n) is 5.62. The average molecular weight is 333 g/mol. The van der Waals surface area contributed by atoms with Crippen LogP contribution < -0.4 is 10.1 Å². The number of rotatable bonds is 6. The van der Waals surface area contributed by atoms with Gasteiger partial charge in [0, 0.05) is 17.7 Å². The van der Waals surface area contributed by atoms with Crippen molar-refractivity contribution in [2.45, 2.75) is 25.4 Å². The summed E-state index contributed by atoms with van der Waals surface area (Å²) < 4.78 is 7.15. The van der Waals surface area contributed by atoms with Crippen molar-refractivity contribution in [2.24, 2.45) is 0 Å². The highest BCUT2D eigenvalue weighted by atomic mass is 32.2. The second kappa shape index (κ2) is 7.75. The van der Waals surface area contributed by atoms with Crippen LogP contribution in [0.2, 0.25) is 0 Å². The molecule has 0 bridgehead atoms. The van der Waals surface area contributed by atoms with Crippen molar-refractivity contribution in [1.29, 1.82) is 0 Å². The summed E-state index contributed by atoms with van der Waals surface area (Å²) in [6, 6.07) is 10.4. The quantitative estimate of drug-likeness (QED) is 0.851. The molecule has 1 fully saturated rings. The maximum atomic E-state index is 9.30. The topological polar surface area (TPSA) is 59.3 Å². The van der Waals surface area contributed by atoms with Crippen LogP contribution in [0.5, 0.6) is 5.75 Å². The van der Waals surface area contributed by atoms with E-state index in [9.17, 15) is 5.11 Å². The molecule has 0 spiro atoms. The lowest BCUT2D eigenvalue weighted by Crippen LogP contribution is -2.26. The molecule has 1 aliphatic rings. The van der Waals surface area contributed by atoms with Gasteiger partial charge in [0.25, 0.3) is 0 Å². The van der Waals surface area contributed by atoms with Crippen molar-refractivity contribution >= 4 is 17.6 Å². The van der Waals surface area contributed by atoms with E-state index in [1.807, 2.05) is 40.7 Å². The molecule has 2 heterocycles. The number of anilines is 1. The highest BCUT2D eigenvalue weighted by molar-refractivity contribution is 7.99. The van der Waals surface area contributed by atoms with E-state index in [-0.39, 0.29) is 6.61 Å². The number of benzene rings is 1. The van der Waals surface area contributed by atoms with Gasteiger partial charge in [-0.2, -0.15) is 16.9 Å². The molecule has 0 amide bonds. The molecule has 5 nitrogen and oxygen atoms in total. The summed E-state index contributed by atoms with van der Waals surface area (Å²) in [4.78, 5) is 0. The maximum absolute atomic E-state index is 9.30. The molecule has 0 unspecified atom stereocenters. The lowest BCUT2D eigenvalue weighted by atomic mass is 10.1. The van der Waals surface area contributed by atoms with Crippen LogP contribution in [-0.4, -0.2) is 46.2 Å². The Labute approximate surface area is 141 Å². The van der Waals surface area contributed by atoms with Crippen molar-refractivity contribution in [3.05, 3.63) is 30.3 Å². The van der Waals surface area contributed by atoms with E-state index in [1.165, 1.54) is 24.3 Å². The second-order valence-corrected chi connectivity index (χ2v) is 6.85. The molecule has 1 aliphatic heterocycles. The molecule has 2 N–H and O–H groups in total. The van der Waals surface area contributed by atoms with Crippen LogP contribution in [0.4, 0.5) is 5.82 Å². The predicted octanol–water partition coefficient (Wildman–Crippen LogP) is 2.86. The lowest BCUT2D eigenvalue weighted by Gasteiger charge is -2.23. The van der Waals surface area contributed by atoms with Crippen LogP contribution in [0.3, 0.4) is 0 Å². The smallest absolute Gasteiger partial charge is 0.125 e. The molecule has 1 aromatic heterocycles. The van der Waals surface area contributed by atoms with Crippen LogP contribution in [0.25, 0.3) is 11.3 Å². The Hall–Kier alpha value is -1.66. The molecule has 2 aromatic rings. The molecule has 0 radical (unpaired) electrons. The molecule has 124 valence electrons. The summed E-state index contributed by atoms with van der Waals surface area (Å²) in [6.45, 7) is 0.572. The van der Waals surface area contributed by atoms with E-state index in [0.717, 1.165) is 22.8 Å². The monoisotopic (exact) mass is 333 g/mol. The zero-order chi connectivity index (χ0) is 16.1. The first kappa shape index (κ1) is 16.2. The van der Waals surface area contributed by atoms with Gasteiger partial charge in [-0.3, -0.25) is 0 Å². The molecule has 6 heteroatoms. The van der Waals surface area contributed by atoms with Gasteiger partial charge in [0.15, 0.2) is 0 Å². The summed E-state index contributed by atoms with van der Waals surface area (Å²) in [6.07, 6.45) is 2.34. The van der Waals surface area contributed by atoms with Gasteiger partial charge >= 0.3 is 0 Å². The Morgan fingerprint density at radius 2 is 2.17 bits per heavy atom.